The number of nitrogens with zero attached hydrogens (tertiary/aromatic N) is 4. The topological polar surface area (TPSA) is 52.8 Å². The number of ether oxygens (including phenoxy) is 1. The number of benzene rings is 9. The summed E-state index contributed by atoms with van der Waals surface area (Å²) in [5.74, 6) is 3.69. The van der Waals surface area contributed by atoms with Crippen molar-refractivity contribution in [2.45, 2.75) is 5.41 Å². The molecule has 2 aliphatic rings. The summed E-state index contributed by atoms with van der Waals surface area (Å²) in [4.78, 5) is 15.0. The average molecular weight is 805 g/mol. The Morgan fingerprint density at radius 2 is 0.873 bits per heavy atom. The molecule has 0 saturated heterocycles. The van der Waals surface area contributed by atoms with E-state index in [1.165, 1.54) is 44.2 Å². The average Bonchev–Trinajstić information content (AvgIpc) is 3.85. The van der Waals surface area contributed by atoms with Crippen LogP contribution in [0.25, 0.3) is 83.9 Å². The van der Waals surface area contributed by atoms with E-state index in [1.54, 1.807) is 0 Å². The minimum atomic E-state index is -0.527. The minimum absolute atomic E-state index is 0.527. The van der Waals surface area contributed by atoms with Crippen molar-refractivity contribution in [2.75, 3.05) is 0 Å². The second-order valence-electron chi connectivity index (χ2n) is 16.3. The molecular weight excluding hydrogens is 769 g/mol. The molecule has 3 heterocycles. The smallest absolute Gasteiger partial charge is 0.164 e. The van der Waals surface area contributed by atoms with Gasteiger partial charge in [0.1, 0.15) is 11.5 Å². The van der Waals surface area contributed by atoms with Crippen molar-refractivity contribution >= 4 is 21.8 Å². The first-order chi connectivity index (χ1) is 31.2. The maximum Gasteiger partial charge on any atom is 0.164 e. The van der Waals surface area contributed by atoms with Gasteiger partial charge in [-0.1, -0.05) is 176 Å². The molecule has 9 aromatic carbocycles. The Morgan fingerprint density at radius 1 is 0.349 bits per heavy atom. The molecule has 0 saturated carbocycles. The van der Waals surface area contributed by atoms with Gasteiger partial charge in [0.05, 0.1) is 16.4 Å². The molecule has 1 aliphatic heterocycles. The predicted octanol–water partition coefficient (Wildman–Crippen LogP) is 14.1. The van der Waals surface area contributed by atoms with E-state index in [0.717, 1.165) is 56.0 Å². The zero-order valence-corrected chi connectivity index (χ0v) is 34.0. The minimum Gasteiger partial charge on any atom is -0.457 e. The van der Waals surface area contributed by atoms with Crippen LogP contribution in [0.5, 0.6) is 11.5 Å². The molecule has 13 rings (SSSR count). The Labute approximate surface area is 364 Å². The van der Waals surface area contributed by atoms with Gasteiger partial charge in [-0.2, -0.15) is 0 Å². The number of hydrogen-bond acceptors (Lipinski definition) is 4. The summed E-state index contributed by atoms with van der Waals surface area (Å²) in [5.41, 5.74) is 15.3. The lowest BCUT2D eigenvalue weighted by molar-refractivity contribution is 0.436. The molecule has 11 aromatic rings. The summed E-state index contributed by atoms with van der Waals surface area (Å²) in [7, 11) is 0. The summed E-state index contributed by atoms with van der Waals surface area (Å²) < 4.78 is 8.97. The molecule has 0 radical (unpaired) electrons. The summed E-state index contributed by atoms with van der Waals surface area (Å²) in [6, 6.07) is 77.4. The molecule has 294 valence electrons. The zero-order valence-electron chi connectivity index (χ0n) is 34.0. The van der Waals surface area contributed by atoms with Gasteiger partial charge in [0.25, 0.3) is 0 Å². The molecule has 1 spiro atoms. The third-order valence-corrected chi connectivity index (χ3v) is 12.9. The van der Waals surface area contributed by atoms with Gasteiger partial charge in [-0.15, -0.1) is 0 Å². The first-order valence-electron chi connectivity index (χ1n) is 21.4. The van der Waals surface area contributed by atoms with E-state index in [2.05, 4.69) is 162 Å². The van der Waals surface area contributed by atoms with E-state index >= 15 is 0 Å². The number of hydrogen-bond donors (Lipinski definition) is 0. The fraction of sp³-hybridized carbons (Fsp3) is 0.0172. The van der Waals surface area contributed by atoms with Crippen molar-refractivity contribution in [3.63, 3.8) is 0 Å². The van der Waals surface area contributed by atoms with E-state index in [1.807, 2.05) is 60.7 Å². The van der Waals surface area contributed by atoms with Gasteiger partial charge in [0, 0.05) is 44.3 Å². The second-order valence-corrected chi connectivity index (χ2v) is 16.3. The Bertz CT molecular complexity index is 3510. The van der Waals surface area contributed by atoms with Crippen LogP contribution in [0.2, 0.25) is 0 Å². The molecule has 5 nitrogen and oxygen atoms in total. The molecule has 0 atom stereocenters. The maximum absolute atomic E-state index is 6.60. The first-order valence-corrected chi connectivity index (χ1v) is 21.4. The van der Waals surface area contributed by atoms with Crippen LogP contribution in [0.15, 0.2) is 218 Å². The molecule has 0 amide bonds. The fourth-order valence-corrected chi connectivity index (χ4v) is 10.3. The van der Waals surface area contributed by atoms with Crippen molar-refractivity contribution in [3.05, 3.63) is 241 Å². The molecular formula is C58H36N4O. The summed E-state index contributed by atoms with van der Waals surface area (Å²) >= 11 is 0. The van der Waals surface area contributed by atoms with Crippen LogP contribution in [-0.4, -0.2) is 19.5 Å². The van der Waals surface area contributed by atoms with Crippen molar-refractivity contribution in [1.82, 2.24) is 19.5 Å². The van der Waals surface area contributed by atoms with E-state index in [0.29, 0.717) is 17.5 Å². The van der Waals surface area contributed by atoms with Gasteiger partial charge in [-0.25, -0.2) is 15.0 Å². The van der Waals surface area contributed by atoms with Crippen molar-refractivity contribution < 1.29 is 4.74 Å². The zero-order chi connectivity index (χ0) is 41.5. The third kappa shape index (κ3) is 5.27. The second kappa shape index (κ2) is 13.8. The standard InChI is InChI=1S/C58H36N4O/c1-3-17-37(18-4-1)55-59-56(38-19-5-2-6-20-38)61-57(60-55)40-21-15-22-41(35-40)62-50-30-12-8-23-43(50)45-36-39(33-34-51(45)62)42-25-16-29-49-54(42)44-24-7-9-26-46(44)58(49)47-27-10-13-31-52(47)63-53-32-14-11-28-48(53)58/h1-36H. The van der Waals surface area contributed by atoms with Gasteiger partial charge in [-0.3, -0.25) is 0 Å². The number of para-hydroxylation sites is 3. The van der Waals surface area contributed by atoms with E-state index in [-0.39, 0.29) is 0 Å². The molecule has 1 aliphatic carbocycles. The van der Waals surface area contributed by atoms with E-state index < -0.39 is 5.41 Å². The normalized spacial score (nSPS) is 13.0. The van der Waals surface area contributed by atoms with E-state index in [4.69, 9.17) is 19.7 Å². The van der Waals surface area contributed by atoms with Gasteiger partial charge in [0.2, 0.25) is 0 Å². The molecule has 0 N–H and O–H groups in total. The highest BCUT2D eigenvalue weighted by molar-refractivity contribution is 6.11. The molecule has 2 aromatic heterocycles. The van der Waals surface area contributed by atoms with Crippen LogP contribution in [0.1, 0.15) is 22.3 Å². The van der Waals surface area contributed by atoms with Crippen LogP contribution in [0.4, 0.5) is 0 Å². The molecule has 5 heteroatoms. The maximum atomic E-state index is 6.60. The Morgan fingerprint density at radius 3 is 1.59 bits per heavy atom. The Kier molecular flexibility index (Phi) is 7.75. The van der Waals surface area contributed by atoms with Gasteiger partial charge < -0.3 is 9.30 Å². The van der Waals surface area contributed by atoms with Crippen LogP contribution in [0, 0.1) is 0 Å². The lowest BCUT2D eigenvalue weighted by Crippen LogP contribution is -2.32. The van der Waals surface area contributed by atoms with Gasteiger partial charge >= 0.3 is 0 Å². The highest BCUT2D eigenvalue weighted by Gasteiger charge is 2.51. The van der Waals surface area contributed by atoms with Crippen LogP contribution >= 0.6 is 0 Å². The third-order valence-electron chi connectivity index (χ3n) is 12.9. The van der Waals surface area contributed by atoms with Crippen LogP contribution in [-0.2, 0) is 5.41 Å². The first kappa shape index (κ1) is 35.4. The Hall–Kier alpha value is -8.41. The quantitative estimate of drug-likeness (QED) is 0.174. The van der Waals surface area contributed by atoms with Crippen molar-refractivity contribution in [1.29, 1.82) is 0 Å². The predicted molar refractivity (Wildman–Crippen MR) is 253 cm³/mol. The number of rotatable bonds is 5. The molecule has 0 unspecified atom stereocenters. The van der Waals surface area contributed by atoms with Crippen LogP contribution < -0.4 is 4.74 Å². The van der Waals surface area contributed by atoms with E-state index in [9.17, 15) is 0 Å². The molecule has 0 fully saturated rings. The molecule has 0 bridgehead atoms. The van der Waals surface area contributed by atoms with Crippen molar-refractivity contribution in [2.24, 2.45) is 0 Å². The number of aromatic nitrogens is 4. The lowest BCUT2D eigenvalue weighted by atomic mass is 9.66. The fourth-order valence-electron chi connectivity index (χ4n) is 10.3. The largest absolute Gasteiger partial charge is 0.457 e. The highest BCUT2D eigenvalue weighted by atomic mass is 16.5. The van der Waals surface area contributed by atoms with Crippen molar-refractivity contribution in [3.8, 4) is 73.6 Å². The summed E-state index contributed by atoms with van der Waals surface area (Å²) in [6.45, 7) is 0. The molecule has 63 heavy (non-hydrogen) atoms. The highest BCUT2D eigenvalue weighted by Crippen LogP contribution is 2.63. The van der Waals surface area contributed by atoms with Gasteiger partial charge in [-0.05, 0) is 75.8 Å². The SMILES string of the molecule is c1ccc(-c2nc(-c3ccccc3)nc(-c3cccc(-n4c5ccccc5c5cc(-c6cccc7c6-c6ccccc6C76c7ccccc7Oc7ccccc76)ccc54)c3)n2)cc1. The summed E-state index contributed by atoms with van der Waals surface area (Å²) in [6.07, 6.45) is 0. The monoisotopic (exact) mass is 804 g/mol. The number of fused-ring (bicyclic) bond motifs is 12. The lowest BCUT2D eigenvalue weighted by Gasteiger charge is -2.39. The summed E-state index contributed by atoms with van der Waals surface area (Å²) in [5, 5.41) is 2.38. The Balaban J connectivity index is 0.986. The van der Waals surface area contributed by atoms with Crippen LogP contribution in [0.3, 0.4) is 0 Å². The van der Waals surface area contributed by atoms with Gasteiger partial charge in [0.15, 0.2) is 17.5 Å².